The van der Waals surface area contributed by atoms with Gasteiger partial charge in [-0.2, -0.15) is 0 Å². The molecule has 0 aliphatic rings. The van der Waals surface area contributed by atoms with Crippen LogP contribution in [0.2, 0.25) is 0 Å². The van der Waals surface area contributed by atoms with Crippen LogP contribution in [0.5, 0.6) is 0 Å². The molecule has 0 aromatic heterocycles. The lowest BCUT2D eigenvalue weighted by molar-refractivity contribution is -0.151. The van der Waals surface area contributed by atoms with Gasteiger partial charge in [0.05, 0.1) is 25.2 Å². The van der Waals surface area contributed by atoms with E-state index in [9.17, 15) is 19.8 Å². The summed E-state index contributed by atoms with van der Waals surface area (Å²) in [6.07, 6.45) is 41.3. The predicted molar refractivity (Wildman–Crippen MR) is 218 cm³/mol. The van der Waals surface area contributed by atoms with Crippen molar-refractivity contribution >= 4 is 11.9 Å². The second-order valence-electron chi connectivity index (χ2n) is 15.5. The lowest BCUT2D eigenvalue weighted by atomic mass is 10.0. The molecule has 0 saturated carbocycles. The average molecular weight is 722 g/mol. The maximum Gasteiger partial charge on any atom is 0.306 e. The number of aliphatic hydroxyl groups is 2. The Balaban J connectivity index is 4.60. The summed E-state index contributed by atoms with van der Waals surface area (Å²) in [5, 5.41) is 23.6. The zero-order valence-corrected chi connectivity index (χ0v) is 34.3. The second-order valence-corrected chi connectivity index (χ2v) is 15.5. The summed E-state index contributed by atoms with van der Waals surface area (Å²) in [5.74, 6) is -0.497. The van der Waals surface area contributed by atoms with E-state index in [0.29, 0.717) is 19.3 Å². The zero-order chi connectivity index (χ0) is 37.5. The summed E-state index contributed by atoms with van der Waals surface area (Å²) in [7, 11) is 0. The standard InChI is InChI=1S/C45H87NO5/c1-4-7-10-13-16-19-21-23-25-27-30-33-36-41(51-45(50)38-35-32-29-24-18-15-12-9-6-3)39-44(49)46-42(40-47)43(48)37-34-31-28-26-22-20-17-14-11-8-5-2/h25,27,41-43,47-48H,4-24,26,28-40H2,1-3H3,(H,46,49)/b27-25-. The highest BCUT2D eigenvalue weighted by Crippen LogP contribution is 2.17. The fraction of sp³-hybridized carbons (Fsp3) is 0.911. The molecular formula is C45H87NO5. The number of rotatable bonds is 40. The van der Waals surface area contributed by atoms with Crippen molar-refractivity contribution in [3.63, 3.8) is 0 Å². The van der Waals surface area contributed by atoms with Crippen molar-refractivity contribution in [3.05, 3.63) is 12.2 Å². The van der Waals surface area contributed by atoms with Crippen molar-refractivity contribution in [2.45, 2.75) is 257 Å². The normalized spacial score (nSPS) is 13.4. The molecule has 0 aromatic carbocycles. The highest BCUT2D eigenvalue weighted by atomic mass is 16.5. The van der Waals surface area contributed by atoms with Crippen molar-refractivity contribution in [2.75, 3.05) is 6.61 Å². The number of unbranched alkanes of at least 4 members (excludes halogenated alkanes) is 26. The number of nitrogens with one attached hydrogen (secondary N) is 1. The summed E-state index contributed by atoms with van der Waals surface area (Å²) >= 11 is 0. The Labute approximate surface area is 317 Å². The van der Waals surface area contributed by atoms with Gasteiger partial charge in [-0.05, 0) is 44.9 Å². The highest BCUT2D eigenvalue weighted by Gasteiger charge is 2.24. The van der Waals surface area contributed by atoms with Gasteiger partial charge in [0.2, 0.25) is 5.91 Å². The predicted octanol–water partition coefficient (Wildman–Crippen LogP) is 12.6. The van der Waals surface area contributed by atoms with Crippen LogP contribution in [0.4, 0.5) is 0 Å². The molecule has 0 heterocycles. The monoisotopic (exact) mass is 722 g/mol. The SMILES string of the molecule is CCCCCCCCC/C=C\CCCC(CC(=O)NC(CO)C(O)CCCCCCCCCCCCC)OC(=O)CCCCCCCCCCC. The Morgan fingerprint density at radius 2 is 0.961 bits per heavy atom. The molecular weight excluding hydrogens is 634 g/mol. The van der Waals surface area contributed by atoms with E-state index < -0.39 is 18.2 Å². The second kappa shape index (κ2) is 39.8. The Bertz CT molecular complexity index is 772. The molecule has 0 bridgehead atoms. The Kier molecular flexibility index (Phi) is 38.7. The lowest BCUT2D eigenvalue weighted by Gasteiger charge is -2.24. The lowest BCUT2D eigenvalue weighted by Crippen LogP contribution is -2.46. The molecule has 0 rings (SSSR count). The van der Waals surface area contributed by atoms with Crippen molar-refractivity contribution in [1.82, 2.24) is 5.32 Å². The molecule has 3 atom stereocenters. The number of ether oxygens (including phenoxy) is 1. The summed E-state index contributed by atoms with van der Waals surface area (Å²) in [4.78, 5) is 25.9. The van der Waals surface area contributed by atoms with Crippen LogP contribution in [-0.4, -0.2) is 46.9 Å². The quantitative estimate of drug-likeness (QED) is 0.0332. The summed E-state index contributed by atoms with van der Waals surface area (Å²) in [5.41, 5.74) is 0. The molecule has 0 spiro atoms. The first-order valence-electron chi connectivity index (χ1n) is 22.4. The van der Waals surface area contributed by atoms with E-state index in [1.165, 1.54) is 135 Å². The molecule has 0 saturated heterocycles. The third kappa shape index (κ3) is 35.4. The fourth-order valence-electron chi connectivity index (χ4n) is 6.90. The topological polar surface area (TPSA) is 95.9 Å². The minimum atomic E-state index is -0.786. The Morgan fingerprint density at radius 1 is 0.549 bits per heavy atom. The van der Waals surface area contributed by atoms with Crippen LogP contribution in [0.1, 0.15) is 239 Å². The third-order valence-electron chi connectivity index (χ3n) is 10.3. The van der Waals surface area contributed by atoms with Gasteiger partial charge in [0, 0.05) is 6.42 Å². The maximum atomic E-state index is 13.1. The van der Waals surface area contributed by atoms with Gasteiger partial charge < -0.3 is 20.3 Å². The largest absolute Gasteiger partial charge is 0.462 e. The van der Waals surface area contributed by atoms with Gasteiger partial charge in [-0.15, -0.1) is 0 Å². The van der Waals surface area contributed by atoms with Crippen LogP contribution in [-0.2, 0) is 14.3 Å². The van der Waals surface area contributed by atoms with E-state index in [2.05, 4.69) is 38.2 Å². The number of allylic oxidation sites excluding steroid dienone is 2. The van der Waals surface area contributed by atoms with Crippen molar-refractivity contribution < 1.29 is 24.5 Å². The smallest absolute Gasteiger partial charge is 0.306 e. The first kappa shape index (κ1) is 49.6. The number of amides is 1. The third-order valence-corrected chi connectivity index (χ3v) is 10.3. The average Bonchev–Trinajstić information content (AvgIpc) is 3.12. The molecule has 6 nitrogen and oxygen atoms in total. The minimum absolute atomic E-state index is 0.0624. The van der Waals surface area contributed by atoms with Crippen LogP contribution < -0.4 is 5.32 Å². The molecule has 0 aliphatic carbocycles. The van der Waals surface area contributed by atoms with E-state index in [-0.39, 0.29) is 24.9 Å². The highest BCUT2D eigenvalue weighted by molar-refractivity contribution is 5.77. The maximum absolute atomic E-state index is 13.1. The molecule has 0 aliphatic heterocycles. The molecule has 3 unspecified atom stereocenters. The molecule has 1 amide bonds. The van der Waals surface area contributed by atoms with E-state index in [4.69, 9.17) is 4.74 Å². The van der Waals surface area contributed by atoms with Gasteiger partial charge >= 0.3 is 5.97 Å². The van der Waals surface area contributed by atoms with Crippen LogP contribution in [0.3, 0.4) is 0 Å². The number of esters is 1. The van der Waals surface area contributed by atoms with Gasteiger partial charge in [-0.3, -0.25) is 9.59 Å². The molecule has 0 aromatic rings. The van der Waals surface area contributed by atoms with Gasteiger partial charge in [-0.1, -0.05) is 193 Å². The van der Waals surface area contributed by atoms with Crippen molar-refractivity contribution in [2.24, 2.45) is 0 Å². The molecule has 0 radical (unpaired) electrons. The van der Waals surface area contributed by atoms with E-state index >= 15 is 0 Å². The van der Waals surface area contributed by atoms with Crippen LogP contribution in [0, 0.1) is 0 Å². The molecule has 3 N–H and O–H groups in total. The number of hydrogen-bond acceptors (Lipinski definition) is 5. The number of carbonyl (C=O) groups is 2. The molecule has 302 valence electrons. The van der Waals surface area contributed by atoms with Crippen molar-refractivity contribution in [1.29, 1.82) is 0 Å². The summed E-state index contributed by atoms with van der Waals surface area (Å²) in [6.45, 7) is 6.44. The summed E-state index contributed by atoms with van der Waals surface area (Å²) in [6, 6.07) is -0.700. The Morgan fingerprint density at radius 3 is 1.43 bits per heavy atom. The fourth-order valence-corrected chi connectivity index (χ4v) is 6.90. The van der Waals surface area contributed by atoms with Gasteiger partial charge in [-0.25, -0.2) is 0 Å². The van der Waals surface area contributed by atoms with E-state index in [1.54, 1.807) is 0 Å². The van der Waals surface area contributed by atoms with Crippen molar-refractivity contribution in [3.8, 4) is 0 Å². The Hall–Kier alpha value is -1.40. The first-order chi connectivity index (χ1) is 25.0. The first-order valence-corrected chi connectivity index (χ1v) is 22.4. The van der Waals surface area contributed by atoms with Crippen LogP contribution >= 0.6 is 0 Å². The number of hydrogen-bond donors (Lipinski definition) is 3. The molecule has 6 heteroatoms. The molecule has 0 fully saturated rings. The van der Waals surface area contributed by atoms with Gasteiger partial charge in [0.25, 0.3) is 0 Å². The van der Waals surface area contributed by atoms with E-state index in [1.807, 2.05) is 0 Å². The summed E-state index contributed by atoms with van der Waals surface area (Å²) < 4.78 is 5.86. The van der Waals surface area contributed by atoms with Crippen LogP contribution in [0.25, 0.3) is 0 Å². The zero-order valence-electron chi connectivity index (χ0n) is 34.3. The van der Waals surface area contributed by atoms with Crippen LogP contribution in [0.15, 0.2) is 12.2 Å². The number of aliphatic hydroxyl groups excluding tert-OH is 2. The molecule has 51 heavy (non-hydrogen) atoms. The van der Waals surface area contributed by atoms with Gasteiger partial charge in [0.1, 0.15) is 6.10 Å². The van der Waals surface area contributed by atoms with Gasteiger partial charge in [0.15, 0.2) is 0 Å². The minimum Gasteiger partial charge on any atom is -0.462 e. The van der Waals surface area contributed by atoms with E-state index in [0.717, 1.165) is 57.8 Å². The number of carbonyl (C=O) groups excluding carboxylic acids is 2.